The Labute approximate surface area is 179 Å². The molecule has 0 saturated heterocycles. The van der Waals surface area contributed by atoms with Crippen molar-refractivity contribution in [2.75, 3.05) is 0 Å². The third kappa shape index (κ3) is 8.99. The van der Waals surface area contributed by atoms with E-state index >= 15 is 0 Å². The van der Waals surface area contributed by atoms with Crippen molar-refractivity contribution in [3.63, 3.8) is 0 Å². The number of hydrogen-bond donors (Lipinski definition) is 2. The molecule has 28 heavy (non-hydrogen) atoms. The van der Waals surface area contributed by atoms with Crippen LogP contribution in [0.2, 0.25) is 0 Å². The summed E-state index contributed by atoms with van der Waals surface area (Å²) >= 11 is 17.3. The second-order valence-corrected chi connectivity index (χ2v) is 9.39. The zero-order chi connectivity index (χ0) is 21.5. The highest BCUT2D eigenvalue weighted by Crippen LogP contribution is 2.33. The monoisotopic (exact) mass is 452 g/mol. The molecule has 0 bridgehead atoms. The third-order valence-electron chi connectivity index (χ3n) is 3.17. The first-order valence-electron chi connectivity index (χ1n) is 8.36. The molecule has 1 aromatic rings. The highest BCUT2D eigenvalue weighted by Gasteiger charge is 2.43. The van der Waals surface area contributed by atoms with E-state index in [2.05, 4.69) is 10.6 Å². The molecule has 2 N–H and O–H groups in total. The highest BCUT2D eigenvalue weighted by atomic mass is 35.6. The quantitative estimate of drug-likeness (QED) is 0.508. The molecule has 0 fully saturated rings. The minimum atomic E-state index is -2.20. The first-order valence-corrected chi connectivity index (χ1v) is 9.49. The zero-order valence-electron chi connectivity index (χ0n) is 15.9. The fourth-order valence-electron chi connectivity index (χ4n) is 1.92. The lowest BCUT2D eigenvalue weighted by Gasteiger charge is -2.28. The number of benzene rings is 1. The van der Waals surface area contributed by atoms with Crippen LogP contribution < -0.4 is 10.6 Å². The van der Waals surface area contributed by atoms with Gasteiger partial charge in [0, 0.05) is 5.54 Å². The largest absolute Gasteiger partial charge is 0.446 e. The van der Waals surface area contributed by atoms with Crippen molar-refractivity contribution in [3.8, 4) is 0 Å². The van der Waals surface area contributed by atoms with E-state index in [1.807, 2.05) is 6.07 Å². The average Bonchev–Trinajstić information content (AvgIpc) is 2.55. The third-order valence-corrected chi connectivity index (χ3v) is 3.76. The van der Waals surface area contributed by atoms with Gasteiger partial charge in [-0.05, 0) is 33.3 Å². The molecule has 0 aliphatic rings. The number of alkyl halides is 3. The molecule has 0 radical (unpaired) electrons. The van der Waals surface area contributed by atoms with E-state index in [0.717, 1.165) is 5.56 Å². The van der Waals surface area contributed by atoms with Crippen LogP contribution in [0.15, 0.2) is 30.3 Å². The van der Waals surface area contributed by atoms with Crippen molar-refractivity contribution < 1.29 is 23.9 Å². The van der Waals surface area contributed by atoms with Crippen molar-refractivity contribution in [2.24, 2.45) is 0 Å². The molecule has 0 spiro atoms. The molecule has 0 aromatic heterocycles. The van der Waals surface area contributed by atoms with Crippen LogP contribution in [0.5, 0.6) is 0 Å². The second-order valence-electron chi connectivity index (χ2n) is 7.03. The van der Waals surface area contributed by atoms with Crippen LogP contribution in [0.1, 0.15) is 33.3 Å². The van der Waals surface area contributed by atoms with E-state index in [-0.39, 0.29) is 6.61 Å². The Morgan fingerprint density at radius 3 is 2.14 bits per heavy atom. The molecular formula is C18H23Cl3N2O5. The van der Waals surface area contributed by atoms with E-state index in [1.165, 1.54) is 6.92 Å². The number of ether oxygens (including phenoxy) is 2. The minimum absolute atomic E-state index is 0.0270. The normalized spacial score (nSPS) is 13.8. The van der Waals surface area contributed by atoms with Crippen LogP contribution in [-0.2, 0) is 25.7 Å². The Bertz CT molecular complexity index is 687. The maximum Gasteiger partial charge on any atom is 0.408 e. The van der Waals surface area contributed by atoms with Gasteiger partial charge in [-0.15, -0.1) is 0 Å². The summed E-state index contributed by atoms with van der Waals surface area (Å²) < 4.78 is 7.85. The van der Waals surface area contributed by atoms with Crippen LogP contribution in [0, 0.1) is 0 Å². The van der Waals surface area contributed by atoms with Gasteiger partial charge in [0.05, 0.1) is 0 Å². The molecule has 1 rings (SSSR count). The number of rotatable bonds is 6. The van der Waals surface area contributed by atoms with Gasteiger partial charge in [0.15, 0.2) is 0 Å². The smallest absolute Gasteiger partial charge is 0.408 e. The fraction of sp³-hybridized carbons (Fsp3) is 0.500. The number of halogens is 3. The molecule has 0 saturated carbocycles. The topological polar surface area (TPSA) is 93.7 Å². The van der Waals surface area contributed by atoms with Crippen molar-refractivity contribution in [1.82, 2.24) is 10.6 Å². The molecule has 0 aliphatic carbocycles. The molecule has 7 nitrogen and oxygen atoms in total. The van der Waals surface area contributed by atoms with Crippen molar-refractivity contribution in [1.29, 1.82) is 0 Å². The van der Waals surface area contributed by atoms with Gasteiger partial charge >= 0.3 is 12.1 Å². The van der Waals surface area contributed by atoms with Crippen LogP contribution in [0.4, 0.5) is 4.79 Å². The van der Waals surface area contributed by atoms with Crippen molar-refractivity contribution >= 4 is 52.8 Å². The van der Waals surface area contributed by atoms with E-state index in [4.69, 9.17) is 44.3 Å². The molecule has 0 aliphatic heterocycles. The summed E-state index contributed by atoms with van der Waals surface area (Å²) in [5.41, 5.74) is 0.144. The Kier molecular flexibility index (Phi) is 8.85. The summed E-state index contributed by atoms with van der Waals surface area (Å²) in [7, 11) is 0. The highest BCUT2D eigenvalue weighted by molar-refractivity contribution is 6.69. The van der Waals surface area contributed by atoms with Crippen molar-refractivity contribution in [2.45, 2.75) is 55.8 Å². The molecule has 1 aromatic carbocycles. The lowest BCUT2D eigenvalue weighted by molar-refractivity contribution is -0.157. The summed E-state index contributed by atoms with van der Waals surface area (Å²) in [4.78, 5) is 36.4. The predicted molar refractivity (Wildman–Crippen MR) is 107 cm³/mol. The summed E-state index contributed by atoms with van der Waals surface area (Å²) in [5, 5.41) is 4.87. The van der Waals surface area contributed by atoms with Crippen LogP contribution in [0.25, 0.3) is 0 Å². The fourth-order valence-corrected chi connectivity index (χ4v) is 2.35. The van der Waals surface area contributed by atoms with Gasteiger partial charge in [-0.1, -0.05) is 65.1 Å². The number of alkyl carbamates (subject to hydrolysis) is 1. The first kappa shape index (κ1) is 24.3. The predicted octanol–water partition coefficient (Wildman–Crippen LogP) is 3.50. The summed E-state index contributed by atoms with van der Waals surface area (Å²) in [6, 6.07) is 7.86. The van der Waals surface area contributed by atoms with Gasteiger partial charge in [-0.2, -0.15) is 0 Å². The maximum absolute atomic E-state index is 12.3. The Hall–Kier alpha value is -1.70. The van der Waals surface area contributed by atoms with Crippen LogP contribution in [-0.4, -0.2) is 39.4 Å². The zero-order valence-corrected chi connectivity index (χ0v) is 18.2. The number of carbonyl (C=O) groups is 3. The Morgan fingerprint density at radius 1 is 1.07 bits per heavy atom. The Morgan fingerprint density at radius 2 is 1.64 bits per heavy atom. The standard InChI is InChI=1S/C18H23Cl3N2O5/c1-11(22-16(26)27-10-12-8-6-5-7-9-12)15(25)28-13(18(19,20)21)14(24)23-17(2,3)4/h5-9,11,13H,10H2,1-4H3,(H,22,26)(H,23,24)/t11-,13?/m0/s1. The van der Waals surface area contributed by atoms with Gasteiger partial charge in [-0.3, -0.25) is 4.79 Å². The molecule has 2 amide bonds. The number of amides is 2. The molecule has 10 heteroatoms. The average molecular weight is 454 g/mol. The van der Waals surface area contributed by atoms with Crippen LogP contribution in [0.3, 0.4) is 0 Å². The second kappa shape index (κ2) is 10.2. The number of esters is 1. The van der Waals surface area contributed by atoms with E-state index in [1.54, 1.807) is 45.0 Å². The van der Waals surface area contributed by atoms with Crippen molar-refractivity contribution in [3.05, 3.63) is 35.9 Å². The Balaban J connectivity index is 2.63. The van der Waals surface area contributed by atoms with Gasteiger partial charge in [0.2, 0.25) is 9.90 Å². The van der Waals surface area contributed by atoms with Crippen LogP contribution >= 0.6 is 34.8 Å². The van der Waals surface area contributed by atoms with E-state index in [9.17, 15) is 14.4 Å². The maximum atomic E-state index is 12.3. The number of carbonyl (C=O) groups excluding carboxylic acids is 3. The molecule has 0 heterocycles. The van der Waals surface area contributed by atoms with Gasteiger partial charge in [0.25, 0.3) is 5.91 Å². The lowest BCUT2D eigenvalue weighted by atomic mass is 10.1. The number of hydrogen-bond acceptors (Lipinski definition) is 5. The summed E-state index contributed by atoms with van der Waals surface area (Å²) in [6.45, 7) is 6.53. The van der Waals surface area contributed by atoms with E-state index in [0.29, 0.717) is 0 Å². The molecular weight excluding hydrogens is 431 g/mol. The van der Waals surface area contributed by atoms with E-state index < -0.39 is 39.4 Å². The molecule has 156 valence electrons. The number of nitrogens with one attached hydrogen (secondary N) is 2. The first-order chi connectivity index (χ1) is 12.8. The van der Waals surface area contributed by atoms with Gasteiger partial charge < -0.3 is 20.1 Å². The van der Waals surface area contributed by atoms with Gasteiger partial charge in [0.1, 0.15) is 12.6 Å². The molecule has 2 atom stereocenters. The molecule has 1 unspecified atom stereocenters. The minimum Gasteiger partial charge on any atom is -0.446 e. The SMILES string of the molecule is C[C@H](NC(=O)OCc1ccccc1)C(=O)OC(C(=O)NC(C)(C)C)C(Cl)(Cl)Cl. The summed E-state index contributed by atoms with van der Waals surface area (Å²) in [6.07, 6.45) is -2.54. The summed E-state index contributed by atoms with van der Waals surface area (Å²) in [5.74, 6) is -1.74. The lowest BCUT2D eigenvalue weighted by Crippen LogP contribution is -2.53. The van der Waals surface area contributed by atoms with Gasteiger partial charge in [-0.25, -0.2) is 9.59 Å².